The number of piperazine rings is 1. The van der Waals surface area contributed by atoms with Gasteiger partial charge in [-0.05, 0) is 55.0 Å². The van der Waals surface area contributed by atoms with Gasteiger partial charge in [0.15, 0.2) is 0 Å². The Balaban J connectivity index is 0.00000380. The number of aliphatic hydroxyl groups excluding tert-OH is 1. The normalized spacial score (nSPS) is 20.5. The molecule has 0 aromatic heterocycles. The van der Waals surface area contributed by atoms with Crippen molar-refractivity contribution in [1.29, 1.82) is 0 Å². The zero-order chi connectivity index (χ0) is 25.7. The summed E-state index contributed by atoms with van der Waals surface area (Å²) in [6, 6.07) is 17.0. The Morgan fingerprint density at radius 3 is 2.24 bits per heavy atom. The number of likely N-dealkylation sites (tertiary alicyclic amines) is 1. The summed E-state index contributed by atoms with van der Waals surface area (Å²) in [4.78, 5) is 31.0. The number of aliphatic hydroxyl groups is 1. The van der Waals surface area contributed by atoms with Crippen LogP contribution in [0.4, 0.5) is 0 Å². The van der Waals surface area contributed by atoms with E-state index in [-0.39, 0.29) is 30.1 Å². The number of amides is 2. The maximum absolute atomic E-state index is 13.5. The number of ether oxygens (including phenoxy) is 1. The van der Waals surface area contributed by atoms with Crippen LogP contribution in [-0.2, 0) is 16.1 Å². The Hall–Kier alpha value is -2.61. The first-order valence-corrected chi connectivity index (χ1v) is 13.2. The van der Waals surface area contributed by atoms with Gasteiger partial charge in [0.2, 0.25) is 11.8 Å². The number of nitrogens with zero attached hydrogens (tertiary/aromatic N) is 2. The minimum Gasteiger partial charge on any atom is -0.457 e. The SMILES string of the molecule is CCCCN1C(=O)[C@H]([C@@H](O)C(C)C)NC(=O)C12CCN(Cc1ccc(Oc3ccccc3)cc1)CC2.Cl. The molecule has 2 aromatic carbocycles. The van der Waals surface area contributed by atoms with Gasteiger partial charge in [-0.15, -0.1) is 12.4 Å². The van der Waals surface area contributed by atoms with E-state index in [0.717, 1.165) is 44.0 Å². The maximum atomic E-state index is 13.5. The van der Waals surface area contributed by atoms with E-state index in [1.807, 2.05) is 56.3 Å². The van der Waals surface area contributed by atoms with Crippen molar-refractivity contribution in [3.63, 3.8) is 0 Å². The molecule has 2 aromatic rings. The van der Waals surface area contributed by atoms with Crippen molar-refractivity contribution in [1.82, 2.24) is 15.1 Å². The van der Waals surface area contributed by atoms with Gasteiger partial charge in [-0.25, -0.2) is 0 Å². The summed E-state index contributed by atoms with van der Waals surface area (Å²) >= 11 is 0. The van der Waals surface area contributed by atoms with Gasteiger partial charge in [0, 0.05) is 26.2 Å². The van der Waals surface area contributed by atoms with Crippen molar-refractivity contribution in [3.8, 4) is 11.5 Å². The first-order chi connectivity index (χ1) is 17.3. The molecule has 2 N–H and O–H groups in total. The van der Waals surface area contributed by atoms with Crippen LogP contribution >= 0.6 is 12.4 Å². The van der Waals surface area contributed by atoms with E-state index in [4.69, 9.17) is 4.74 Å². The number of nitrogens with one attached hydrogen (secondary N) is 1. The highest BCUT2D eigenvalue weighted by molar-refractivity contribution is 6.00. The van der Waals surface area contributed by atoms with E-state index in [0.29, 0.717) is 19.4 Å². The minimum absolute atomic E-state index is 0. The summed E-state index contributed by atoms with van der Waals surface area (Å²) in [5, 5.41) is 13.5. The molecule has 0 aliphatic carbocycles. The lowest BCUT2D eigenvalue weighted by atomic mass is 9.80. The molecular weight excluding hydrogens is 490 g/mol. The summed E-state index contributed by atoms with van der Waals surface area (Å²) in [7, 11) is 0. The van der Waals surface area contributed by atoms with Crippen molar-refractivity contribution >= 4 is 24.2 Å². The quantitative estimate of drug-likeness (QED) is 0.504. The molecule has 0 bridgehead atoms. The number of carbonyl (C=O) groups is 2. The van der Waals surface area contributed by atoms with Crippen LogP contribution < -0.4 is 10.1 Å². The van der Waals surface area contributed by atoms with E-state index >= 15 is 0 Å². The van der Waals surface area contributed by atoms with Crippen molar-refractivity contribution in [2.45, 2.75) is 70.7 Å². The predicted octanol–water partition coefficient (Wildman–Crippen LogP) is 4.38. The second kappa shape index (κ2) is 12.8. The van der Waals surface area contributed by atoms with Crippen molar-refractivity contribution in [2.24, 2.45) is 5.92 Å². The Labute approximate surface area is 226 Å². The maximum Gasteiger partial charge on any atom is 0.248 e. The van der Waals surface area contributed by atoms with Crippen LogP contribution in [0.15, 0.2) is 54.6 Å². The fourth-order valence-electron chi connectivity index (χ4n) is 5.22. The van der Waals surface area contributed by atoms with Gasteiger partial charge < -0.3 is 20.1 Å². The molecule has 0 saturated carbocycles. The average Bonchev–Trinajstić information content (AvgIpc) is 2.89. The molecule has 2 atom stereocenters. The number of hydrogen-bond donors (Lipinski definition) is 2. The highest BCUT2D eigenvalue weighted by Crippen LogP contribution is 2.35. The number of unbranched alkanes of at least 4 members (excludes halogenated alkanes) is 1. The van der Waals surface area contributed by atoms with Crippen LogP contribution in [0.3, 0.4) is 0 Å². The molecule has 2 saturated heterocycles. The topological polar surface area (TPSA) is 82.1 Å². The summed E-state index contributed by atoms with van der Waals surface area (Å²) in [6.07, 6.45) is 2.07. The number of carbonyl (C=O) groups excluding carboxylic acids is 2. The minimum atomic E-state index is -0.892. The van der Waals surface area contributed by atoms with E-state index in [9.17, 15) is 14.7 Å². The summed E-state index contributed by atoms with van der Waals surface area (Å²) in [5.41, 5.74) is 0.349. The van der Waals surface area contributed by atoms with Gasteiger partial charge in [0.1, 0.15) is 23.1 Å². The fraction of sp³-hybridized carbons (Fsp3) is 0.517. The monoisotopic (exact) mass is 529 g/mol. The first-order valence-electron chi connectivity index (χ1n) is 13.2. The van der Waals surface area contributed by atoms with Crippen LogP contribution in [0, 0.1) is 5.92 Å². The Kier molecular flexibility index (Phi) is 9.99. The van der Waals surface area contributed by atoms with Crippen LogP contribution in [0.5, 0.6) is 11.5 Å². The predicted molar refractivity (Wildman–Crippen MR) is 147 cm³/mol. The van der Waals surface area contributed by atoms with Crippen LogP contribution in [0.25, 0.3) is 0 Å². The number of benzene rings is 2. The molecule has 0 unspecified atom stereocenters. The smallest absolute Gasteiger partial charge is 0.248 e. The lowest BCUT2D eigenvalue weighted by Gasteiger charge is -2.52. The second-order valence-corrected chi connectivity index (χ2v) is 10.4. The molecule has 4 rings (SSSR count). The Morgan fingerprint density at radius 2 is 1.65 bits per heavy atom. The molecule has 37 heavy (non-hydrogen) atoms. The van der Waals surface area contributed by atoms with Crippen molar-refractivity contribution in [3.05, 3.63) is 60.2 Å². The molecule has 0 radical (unpaired) electrons. The van der Waals surface area contributed by atoms with E-state index < -0.39 is 17.7 Å². The fourth-order valence-corrected chi connectivity index (χ4v) is 5.22. The largest absolute Gasteiger partial charge is 0.457 e. The molecule has 202 valence electrons. The number of piperidine rings is 1. The molecule has 2 amide bonds. The van der Waals surface area contributed by atoms with Gasteiger partial charge in [0.25, 0.3) is 0 Å². The number of rotatable bonds is 9. The Bertz CT molecular complexity index is 1020. The molecule has 2 aliphatic heterocycles. The molecule has 2 fully saturated rings. The third kappa shape index (κ3) is 6.46. The van der Waals surface area contributed by atoms with Gasteiger partial charge in [-0.2, -0.15) is 0 Å². The second-order valence-electron chi connectivity index (χ2n) is 10.4. The van der Waals surface area contributed by atoms with Crippen molar-refractivity contribution in [2.75, 3.05) is 19.6 Å². The van der Waals surface area contributed by atoms with E-state index in [1.54, 1.807) is 4.90 Å². The zero-order valence-corrected chi connectivity index (χ0v) is 22.9. The van der Waals surface area contributed by atoms with Crippen LogP contribution in [-0.4, -0.2) is 64.0 Å². The molecule has 1 spiro atoms. The summed E-state index contributed by atoms with van der Waals surface area (Å²) in [6.45, 7) is 8.59. The van der Waals surface area contributed by atoms with E-state index in [2.05, 4.69) is 29.3 Å². The molecule has 2 heterocycles. The number of para-hydroxylation sites is 1. The van der Waals surface area contributed by atoms with Gasteiger partial charge in [-0.3, -0.25) is 14.5 Å². The molecule has 8 heteroatoms. The number of halogens is 1. The Morgan fingerprint density at radius 1 is 1.03 bits per heavy atom. The van der Waals surface area contributed by atoms with Gasteiger partial charge in [0.05, 0.1) is 6.10 Å². The molecule has 2 aliphatic rings. The lowest BCUT2D eigenvalue weighted by Crippen LogP contribution is -2.74. The van der Waals surface area contributed by atoms with Crippen LogP contribution in [0.2, 0.25) is 0 Å². The summed E-state index contributed by atoms with van der Waals surface area (Å²) in [5.74, 6) is 1.22. The number of hydrogen-bond acceptors (Lipinski definition) is 5. The molecular formula is C29H40ClN3O4. The van der Waals surface area contributed by atoms with Crippen LogP contribution in [0.1, 0.15) is 52.0 Å². The zero-order valence-electron chi connectivity index (χ0n) is 22.1. The third-order valence-corrected chi connectivity index (χ3v) is 7.51. The third-order valence-electron chi connectivity index (χ3n) is 7.51. The van der Waals surface area contributed by atoms with E-state index in [1.165, 1.54) is 5.56 Å². The highest BCUT2D eigenvalue weighted by atomic mass is 35.5. The standard InChI is InChI=1S/C29H39N3O4.ClH/c1-4-5-17-32-27(34)25(26(33)21(2)3)30-28(35)29(32)15-18-31(19-16-29)20-22-11-13-24(14-12-22)36-23-9-7-6-8-10-23;/h6-14,21,25-26,33H,4-5,15-20H2,1-3H3,(H,30,35);1H/t25-,26-;/m0./s1. The molecule has 7 nitrogen and oxygen atoms in total. The van der Waals surface area contributed by atoms with Gasteiger partial charge in [-0.1, -0.05) is 57.5 Å². The highest BCUT2D eigenvalue weighted by Gasteiger charge is 2.54. The first kappa shape index (κ1) is 29.0. The average molecular weight is 530 g/mol. The summed E-state index contributed by atoms with van der Waals surface area (Å²) < 4.78 is 5.89. The lowest BCUT2D eigenvalue weighted by molar-refractivity contribution is -0.165. The van der Waals surface area contributed by atoms with Gasteiger partial charge >= 0.3 is 0 Å². The van der Waals surface area contributed by atoms with Crippen molar-refractivity contribution < 1.29 is 19.4 Å².